The number of halogens is 1. The van der Waals surface area contributed by atoms with Crippen molar-refractivity contribution in [2.45, 2.75) is 18.8 Å². The fourth-order valence-corrected chi connectivity index (χ4v) is 3.14. The average molecular weight is 280 g/mol. The summed E-state index contributed by atoms with van der Waals surface area (Å²) < 4.78 is 13.2. The third-order valence-corrected chi connectivity index (χ3v) is 4.15. The van der Waals surface area contributed by atoms with E-state index in [4.69, 9.17) is 0 Å². The minimum atomic E-state index is -0.422. The fourth-order valence-electron chi connectivity index (χ4n) is 3.14. The molecule has 3 nitrogen and oxygen atoms in total. The van der Waals surface area contributed by atoms with E-state index in [1.54, 1.807) is 6.07 Å². The molecule has 1 atom stereocenters. The highest BCUT2D eigenvalue weighted by atomic mass is 19.1. The minimum Gasteiger partial charge on any atom is -0.309 e. The van der Waals surface area contributed by atoms with E-state index in [-0.39, 0.29) is 11.5 Å². The molecule has 0 saturated carbocycles. The van der Waals surface area contributed by atoms with Crippen LogP contribution in [0.25, 0.3) is 10.9 Å². The van der Waals surface area contributed by atoms with Gasteiger partial charge in [-0.3, -0.25) is 4.79 Å². The summed E-state index contributed by atoms with van der Waals surface area (Å²) in [7, 11) is 0. The lowest BCUT2D eigenvalue weighted by Gasteiger charge is -2.11. The smallest absolute Gasteiger partial charge is 0.258 e. The fraction of sp³-hybridized carbons (Fsp3) is 0.176. The van der Waals surface area contributed by atoms with Crippen molar-refractivity contribution in [3.63, 3.8) is 0 Å². The molecule has 0 amide bonds. The Kier molecular flexibility index (Phi) is 2.64. The van der Waals surface area contributed by atoms with Crippen molar-refractivity contribution in [1.82, 2.24) is 9.97 Å². The lowest BCUT2D eigenvalue weighted by atomic mass is 10.0. The highest BCUT2D eigenvalue weighted by Crippen LogP contribution is 2.36. The van der Waals surface area contributed by atoms with Crippen molar-refractivity contribution in [2.75, 3.05) is 0 Å². The first-order valence-electron chi connectivity index (χ1n) is 6.99. The van der Waals surface area contributed by atoms with Gasteiger partial charge in [-0.25, -0.2) is 9.37 Å². The van der Waals surface area contributed by atoms with Gasteiger partial charge in [0.25, 0.3) is 5.56 Å². The van der Waals surface area contributed by atoms with Crippen LogP contribution in [0.1, 0.15) is 29.3 Å². The second-order valence-corrected chi connectivity index (χ2v) is 5.40. The molecule has 0 bridgehead atoms. The summed E-state index contributed by atoms with van der Waals surface area (Å²) in [6, 6.07) is 12.4. The van der Waals surface area contributed by atoms with E-state index in [0.717, 1.165) is 12.8 Å². The number of aromatic nitrogens is 2. The van der Waals surface area contributed by atoms with Crippen LogP contribution < -0.4 is 5.56 Å². The van der Waals surface area contributed by atoms with Crippen molar-refractivity contribution in [1.29, 1.82) is 0 Å². The molecule has 4 heteroatoms. The standard InChI is InChI=1S/C17H13FN2O/c18-11-6-8-15-14(9-11)17(21)20-16(19-15)13-7-5-10-3-1-2-4-12(10)13/h1-4,6,8-9,13H,5,7H2,(H,19,20,21)/t13-/m0/s1. The molecule has 21 heavy (non-hydrogen) atoms. The molecule has 0 saturated heterocycles. The highest BCUT2D eigenvalue weighted by molar-refractivity contribution is 5.77. The maximum absolute atomic E-state index is 13.2. The van der Waals surface area contributed by atoms with Crippen LogP contribution in [-0.4, -0.2) is 9.97 Å². The highest BCUT2D eigenvalue weighted by Gasteiger charge is 2.25. The van der Waals surface area contributed by atoms with Crippen molar-refractivity contribution >= 4 is 10.9 Å². The van der Waals surface area contributed by atoms with Gasteiger partial charge in [0.05, 0.1) is 10.9 Å². The van der Waals surface area contributed by atoms with Gasteiger partial charge in [0.2, 0.25) is 0 Å². The Morgan fingerprint density at radius 1 is 1.19 bits per heavy atom. The van der Waals surface area contributed by atoms with Crippen LogP contribution in [-0.2, 0) is 6.42 Å². The Morgan fingerprint density at radius 2 is 2.05 bits per heavy atom. The molecule has 1 aliphatic rings. The molecule has 1 heterocycles. The first kappa shape index (κ1) is 12.3. The predicted molar refractivity (Wildman–Crippen MR) is 78.9 cm³/mol. The second kappa shape index (κ2) is 4.52. The molecule has 0 aliphatic heterocycles. The molecular weight excluding hydrogens is 267 g/mol. The number of fused-ring (bicyclic) bond motifs is 2. The van der Waals surface area contributed by atoms with E-state index in [1.807, 2.05) is 12.1 Å². The zero-order valence-corrected chi connectivity index (χ0v) is 11.3. The average Bonchev–Trinajstić information content (AvgIpc) is 2.92. The van der Waals surface area contributed by atoms with Crippen LogP contribution in [0.3, 0.4) is 0 Å². The van der Waals surface area contributed by atoms with Crippen LogP contribution in [0.5, 0.6) is 0 Å². The molecule has 1 N–H and O–H groups in total. The Bertz CT molecular complexity index is 901. The van der Waals surface area contributed by atoms with E-state index < -0.39 is 5.82 Å². The number of benzene rings is 2. The van der Waals surface area contributed by atoms with Gasteiger partial charge < -0.3 is 4.98 Å². The lowest BCUT2D eigenvalue weighted by Crippen LogP contribution is -2.14. The number of nitrogens with one attached hydrogen (secondary N) is 1. The number of hydrogen-bond acceptors (Lipinski definition) is 2. The molecule has 0 fully saturated rings. The normalized spacial score (nSPS) is 17.1. The van der Waals surface area contributed by atoms with Crippen LogP contribution in [0.4, 0.5) is 4.39 Å². The monoisotopic (exact) mass is 280 g/mol. The third kappa shape index (κ3) is 1.95. The van der Waals surface area contributed by atoms with E-state index in [0.29, 0.717) is 16.7 Å². The first-order valence-corrected chi connectivity index (χ1v) is 6.99. The largest absolute Gasteiger partial charge is 0.309 e. The number of rotatable bonds is 1. The van der Waals surface area contributed by atoms with Crippen LogP contribution in [0, 0.1) is 5.82 Å². The second-order valence-electron chi connectivity index (χ2n) is 5.40. The Labute approximate surface area is 120 Å². The molecule has 0 unspecified atom stereocenters. The molecule has 2 aromatic carbocycles. The van der Waals surface area contributed by atoms with Gasteiger partial charge in [-0.2, -0.15) is 0 Å². The van der Waals surface area contributed by atoms with Crippen molar-refractivity contribution < 1.29 is 4.39 Å². The topological polar surface area (TPSA) is 45.8 Å². The summed E-state index contributed by atoms with van der Waals surface area (Å²) in [5.41, 5.74) is 2.80. The Hall–Kier alpha value is -2.49. The van der Waals surface area contributed by atoms with Gasteiger partial charge in [0, 0.05) is 5.92 Å². The lowest BCUT2D eigenvalue weighted by molar-refractivity contribution is 0.629. The zero-order valence-electron chi connectivity index (χ0n) is 11.3. The predicted octanol–water partition coefficient (Wildman–Crippen LogP) is 3.14. The van der Waals surface area contributed by atoms with Gasteiger partial charge >= 0.3 is 0 Å². The maximum atomic E-state index is 13.2. The number of hydrogen-bond donors (Lipinski definition) is 1. The molecular formula is C17H13FN2O. The molecule has 1 aromatic heterocycles. The molecule has 4 rings (SSSR count). The van der Waals surface area contributed by atoms with Crippen molar-refractivity contribution in [3.8, 4) is 0 Å². The number of nitrogens with zero attached hydrogens (tertiary/aromatic N) is 1. The van der Waals surface area contributed by atoms with Crippen LogP contribution in [0.2, 0.25) is 0 Å². The third-order valence-electron chi connectivity index (χ3n) is 4.15. The van der Waals surface area contributed by atoms with E-state index in [9.17, 15) is 9.18 Å². The van der Waals surface area contributed by atoms with E-state index >= 15 is 0 Å². The molecule has 1 aliphatic carbocycles. The van der Waals surface area contributed by atoms with Crippen molar-refractivity contribution in [2.24, 2.45) is 0 Å². The van der Waals surface area contributed by atoms with Gasteiger partial charge in [0.15, 0.2) is 0 Å². The SMILES string of the molecule is O=c1[nH]c([C@H]2CCc3ccccc32)nc2ccc(F)cc12. The van der Waals surface area contributed by atoms with Gasteiger partial charge in [-0.1, -0.05) is 24.3 Å². The maximum Gasteiger partial charge on any atom is 0.258 e. The number of H-pyrrole nitrogens is 1. The van der Waals surface area contributed by atoms with Gasteiger partial charge in [-0.15, -0.1) is 0 Å². The summed E-state index contributed by atoms with van der Waals surface area (Å²) >= 11 is 0. The number of aryl methyl sites for hydroxylation is 1. The van der Waals surface area contributed by atoms with Crippen LogP contribution in [0.15, 0.2) is 47.3 Å². The Morgan fingerprint density at radius 3 is 2.95 bits per heavy atom. The van der Waals surface area contributed by atoms with E-state index in [2.05, 4.69) is 22.1 Å². The number of aromatic amines is 1. The van der Waals surface area contributed by atoms with Gasteiger partial charge in [-0.05, 0) is 42.2 Å². The minimum absolute atomic E-state index is 0.114. The first-order chi connectivity index (χ1) is 10.2. The molecule has 3 aromatic rings. The molecule has 0 spiro atoms. The summed E-state index contributed by atoms with van der Waals surface area (Å²) in [6.45, 7) is 0. The molecule has 0 radical (unpaired) electrons. The molecule has 104 valence electrons. The summed E-state index contributed by atoms with van der Waals surface area (Å²) in [4.78, 5) is 19.5. The Balaban J connectivity index is 1.89. The quantitative estimate of drug-likeness (QED) is 0.744. The summed E-state index contributed by atoms with van der Waals surface area (Å²) in [5.74, 6) is 0.362. The van der Waals surface area contributed by atoms with Gasteiger partial charge in [0.1, 0.15) is 11.6 Å². The van der Waals surface area contributed by atoms with Crippen LogP contribution >= 0.6 is 0 Å². The zero-order chi connectivity index (χ0) is 14.4. The van der Waals surface area contributed by atoms with Crippen molar-refractivity contribution in [3.05, 3.63) is 75.6 Å². The summed E-state index contributed by atoms with van der Waals surface area (Å²) in [6.07, 6.45) is 1.93. The van der Waals surface area contributed by atoms with E-state index in [1.165, 1.54) is 23.3 Å². The summed E-state index contributed by atoms with van der Waals surface area (Å²) in [5, 5.41) is 0.296.